The van der Waals surface area contributed by atoms with E-state index in [1.807, 2.05) is 37.4 Å². The summed E-state index contributed by atoms with van der Waals surface area (Å²) in [6, 6.07) is 13.5. The Labute approximate surface area is 171 Å². The van der Waals surface area contributed by atoms with Crippen molar-refractivity contribution in [1.82, 2.24) is 4.98 Å². The predicted molar refractivity (Wildman–Crippen MR) is 105 cm³/mol. The molecule has 4 nitrogen and oxygen atoms in total. The third-order valence-electron chi connectivity index (χ3n) is 3.44. The second kappa shape index (κ2) is 8.81. The molecule has 1 aromatic carbocycles. The number of rotatable bonds is 3. The average Bonchev–Trinajstić information content (AvgIpc) is 2.53. The summed E-state index contributed by atoms with van der Waals surface area (Å²) < 4.78 is 11.0. The van der Waals surface area contributed by atoms with Gasteiger partial charge in [-0.3, -0.25) is 4.90 Å². The first kappa shape index (κ1) is 20.9. The van der Waals surface area contributed by atoms with Crippen molar-refractivity contribution in [2.24, 2.45) is 0 Å². The van der Waals surface area contributed by atoms with E-state index in [9.17, 15) is 0 Å². The van der Waals surface area contributed by atoms with Crippen LogP contribution in [0, 0.1) is 0 Å². The number of pyridine rings is 1. The molecule has 0 saturated heterocycles. The number of methoxy groups -OCH3 is 1. The van der Waals surface area contributed by atoms with E-state index in [1.54, 1.807) is 18.1 Å². The van der Waals surface area contributed by atoms with Gasteiger partial charge in [0.15, 0.2) is 0 Å². The predicted octanol–water partition coefficient (Wildman–Crippen LogP) is 3.54. The molecule has 0 atom stereocenters. The topological polar surface area (TPSA) is 34.6 Å². The van der Waals surface area contributed by atoms with Gasteiger partial charge in [-0.05, 0) is 41.4 Å². The van der Waals surface area contributed by atoms with Crippen LogP contribution in [0.5, 0.6) is 11.6 Å². The van der Waals surface area contributed by atoms with E-state index in [0.717, 1.165) is 5.75 Å². The van der Waals surface area contributed by atoms with Crippen molar-refractivity contribution in [2.75, 3.05) is 19.1 Å². The molecule has 0 aliphatic heterocycles. The molecule has 0 unspecified atom stereocenters. The number of thiocarbonyl (C=S) groups is 1. The molecule has 0 amide bonds. The Morgan fingerprint density at radius 3 is 2.42 bits per heavy atom. The number of hydrogen-bond donors (Lipinski definition) is 0. The monoisotopic (exact) mass is 354 g/mol. The number of hydrogen-bond acceptors (Lipinski definition) is 4. The van der Waals surface area contributed by atoms with Crippen molar-refractivity contribution in [2.45, 2.75) is 26.2 Å². The van der Waals surface area contributed by atoms with Crippen molar-refractivity contribution in [3.8, 4) is 11.6 Å². The molecule has 0 aliphatic carbocycles. The second-order valence-electron chi connectivity index (χ2n) is 6.24. The minimum atomic E-state index is 0. The van der Waals surface area contributed by atoms with Crippen molar-refractivity contribution in [3.05, 3.63) is 48.0 Å². The summed E-state index contributed by atoms with van der Waals surface area (Å²) in [5, 5.41) is 0.330. The number of benzene rings is 1. The van der Waals surface area contributed by atoms with E-state index in [-0.39, 0.29) is 35.0 Å². The first-order valence-electron chi connectivity index (χ1n) is 7.38. The van der Waals surface area contributed by atoms with Crippen molar-refractivity contribution in [3.63, 3.8) is 0 Å². The molecular formula is C18H23N2NaO2S. The van der Waals surface area contributed by atoms with E-state index in [4.69, 9.17) is 21.7 Å². The van der Waals surface area contributed by atoms with Gasteiger partial charge >= 0.3 is 29.6 Å². The molecule has 0 N–H and O–H groups in total. The third kappa shape index (κ3) is 5.45. The van der Waals surface area contributed by atoms with Gasteiger partial charge in [0, 0.05) is 13.1 Å². The minimum absolute atomic E-state index is 0. The van der Waals surface area contributed by atoms with Gasteiger partial charge in [-0.25, -0.2) is 0 Å². The summed E-state index contributed by atoms with van der Waals surface area (Å²) in [5.74, 6) is 1.92. The molecule has 124 valence electrons. The van der Waals surface area contributed by atoms with E-state index in [2.05, 4.69) is 31.8 Å². The van der Waals surface area contributed by atoms with Crippen molar-refractivity contribution in [1.29, 1.82) is 0 Å². The maximum absolute atomic E-state index is 5.82. The van der Waals surface area contributed by atoms with Gasteiger partial charge in [-0.15, -0.1) is 0 Å². The Morgan fingerprint density at radius 1 is 1.12 bits per heavy atom. The standard InChI is InChI=1S/C18H22N2O2S.Na.H/c1-18(2,3)13-8-6-9-14(12-13)22-17(23)20(4)15-10-7-11-16(19-15)21-5;;/h6-12H,1-5H3;;. The summed E-state index contributed by atoms with van der Waals surface area (Å²) in [6.07, 6.45) is 0. The SMILES string of the molecule is COc1cccc(N(C)C(=S)Oc2cccc(C(C)(C)C)c2)n1.[NaH]. The molecule has 1 aromatic heterocycles. The molecule has 6 heteroatoms. The Kier molecular flexibility index (Phi) is 7.67. The summed E-state index contributed by atoms with van der Waals surface area (Å²) >= 11 is 5.38. The number of ether oxygens (including phenoxy) is 2. The van der Waals surface area contributed by atoms with Crippen LogP contribution < -0.4 is 14.4 Å². The van der Waals surface area contributed by atoms with Gasteiger partial charge in [-0.2, -0.15) is 4.98 Å². The molecular weight excluding hydrogens is 331 g/mol. The molecule has 1 heterocycles. The quantitative estimate of drug-likeness (QED) is 0.622. The van der Waals surface area contributed by atoms with Gasteiger partial charge in [0.2, 0.25) is 5.88 Å². The molecule has 2 rings (SSSR count). The van der Waals surface area contributed by atoms with Crippen molar-refractivity contribution < 1.29 is 9.47 Å². The Hall–Kier alpha value is -1.14. The third-order valence-corrected chi connectivity index (χ3v) is 3.80. The summed E-state index contributed by atoms with van der Waals surface area (Å²) in [5.41, 5.74) is 1.25. The molecule has 2 aromatic rings. The first-order chi connectivity index (χ1) is 10.8. The number of anilines is 1. The molecule has 0 bridgehead atoms. The van der Waals surface area contributed by atoms with Crippen molar-refractivity contribution >= 4 is 52.8 Å². The van der Waals surface area contributed by atoms with Gasteiger partial charge < -0.3 is 9.47 Å². The zero-order chi connectivity index (χ0) is 17.0. The van der Waals surface area contributed by atoms with Gasteiger partial charge in [0.25, 0.3) is 5.17 Å². The van der Waals surface area contributed by atoms with E-state index >= 15 is 0 Å². The summed E-state index contributed by atoms with van der Waals surface area (Å²) in [4.78, 5) is 6.06. The van der Waals surface area contributed by atoms with E-state index in [0.29, 0.717) is 16.9 Å². The molecule has 0 aliphatic rings. The summed E-state index contributed by atoms with van der Waals surface area (Å²) in [7, 11) is 3.40. The van der Waals surface area contributed by atoms with Crippen LogP contribution in [0.25, 0.3) is 0 Å². The fourth-order valence-electron chi connectivity index (χ4n) is 1.99. The van der Waals surface area contributed by atoms with Crippen LogP contribution in [0.3, 0.4) is 0 Å². The Balaban J connectivity index is 0.00000288. The Morgan fingerprint density at radius 2 is 1.79 bits per heavy atom. The van der Waals surface area contributed by atoms with Gasteiger partial charge in [0.1, 0.15) is 11.6 Å². The normalized spacial score (nSPS) is 10.5. The number of aromatic nitrogens is 1. The van der Waals surface area contributed by atoms with Crippen LogP contribution in [-0.2, 0) is 5.41 Å². The number of nitrogens with zero attached hydrogens (tertiary/aromatic N) is 2. The van der Waals surface area contributed by atoms with Gasteiger partial charge in [-0.1, -0.05) is 39.0 Å². The van der Waals surface area contributed by atoms with Crippen LogP contribution in [0.15, 0.2) is 42.5 Å². The molecule has 0 fully saturated rings. The first-order valence-corrected chi connectivity index (χ1v) is 7.79. The molecule has 0 radical (unpaired) electrons. The zero-order valence-corrected chi connectivity index (χ0v) is 15.0. The van der Waals surface area contributed by atoms with Crippen LogP contribution >= 0.6 is 12.2 Å². The Bertz CT molecular complexity index is 701. The average molecular weight is 354 g/mol. The fourth-order valence-corrected chi connectivity index (χ4v) is 2.18. The second-order valence-corrected chi connectivity index (χ2v) is 6.59. The fraction of sp³-hybridized carbons (Fsp3) is 0.333. The van der Waals surface area contributed by atoms with Crippen LogP contribution in [-0.4, -0.2) is 53.9 Å². The molecule has 0 saturated carbocycles. The van der Waals surface area contributed by atoms with Crippen LogP contribution in [0.1, 0.15) is 26.3 Å². The van der Waals surface area contributed by atoms with Gasteiger partial charge in [0.05, 0.1) is 7.11 Å². The van der Waals surface area contributed by atoms with Crippen LogP contribution in [0.2, 0.25) is 0 Å². The molecule has 0 spiro atoms. The van der Waals surface area contributed by atoms with E-state index < -0.39 is 0 Å². The molecule has 24 heavy (non-hydrogen) atoms. The van der Waals surface area contributed by atoms with Crippen LogP contribution in [0.4, 0.5) is 5.82 Å². The van der Waals surface area contributed by atoms with E-state index in [1.165, 1.54) is 5.56 Å². The summed E-state index contributed by atoms with van der Waals surface area (Å²) in [6.45, 7) is 6.49. The zero-order valence-electron chi connectivity index (χ0n) is 14.2. The maximum atomic E-state index is 5.82.